The second-order valence-electron chi connectivity index (χ2n) is 10.4. The maximum absolute atomic E-state index is 13.6. The molecular formula is C28H38N4O7S. The van der Waals surface area contributed by atoms with Gasteiger partial charge in [-0.05, 0) is 67.0 Å². The molecule has 2 aromatic rings. The summed E-state index contributed by atoms with van der Waals surface area (Å²) in [4.78, 5) is 39.5. The van der Waals surface area contributed by atoms with Crippen LogP contribution in [0.5, 0.6) is 5.75 Å². The Bertz CT molecular complexity index is 1260. The number of sulfonamides is 1. The fourth-order valence-corrected chi connectivity index (χ4v) is 5.31. The lowest BCUT2D eigenvalue weighted by molar-refractivity contribution is -0.142. The molecule has 0 aromatic heterocycles. The van der Waals surface area contributed by atoms with Crippen molar-refractivity contribution in [3.63, 3.8) is 0 Å². The first kappa shape index (κ1) is 31.1. The van der Waals surface area contributed by atoms with Gasteiger partial charge in [-0.1, -0.05) is 38.1 Å². The second kappa shape index (κ2) is 14.2. The molecule has 3 atom stereocenters. The van der Waals surface area contributed by atoms with Crippen LogP contribution >= 0.6 is 0 Å². The Morgan fingerprint density at radius 3 is 2.38 bits per heavy atom. The van der Waals surface area contributed by atoms with Gasteiger partial charge in [0.1, 0.15) is 11.8 Å². The highest BCUT2D eigenvalue weighted by Crippen LogP contribution is 2.27. The molecule has 0 fully saturated rings. The van der Waals surface area contributed by atoms with Crippen LogP contribution in [0, 0.1) is 17.8 Å². The maximum atomic E-state index is 13.6. The van der Waals surface area contributed by atoms with Gasteiger partial charge in [-0.15, -0.1) is 0 Å². The Balaban J connectivity index is 1.79. The minimum Gasteiger partial charge on any atom is -0.494 e. The number of primary sulfonamides is 1. The fourth-order valence-electron chi connectivity index (χ4n) is 4.80. The predicted molar refractivity (Wildman–Crippen MR) is 148 cm³/mol. The van der Waals surface area contributed by atoms with Crippen LogP contribution in [-0.2, 0) is 37.2 Å². The first-order chi connectivity index (χ1) is 19.0. The molecule has 2 heterocycles. The first-order valence-electron chi connectivity index (χ1n) is 13.3. The normalized spacial score (nSPS) is 20.2. The van der Waals surface area contributed by atoms with Gasteiger partial charge in [0.25, 0.3) is 0 Å². The van der Waals surface area contributed by atoms with Gasteiger partial charge in [-0.3, -0.25) is 19.6 Å². The van der Waals surface area contributed by atoms with Gasteiger partial charge in [0, 0.05) is 18.9 Å². The molecule has 0 spiro atoms. The number of nitrogens with one attached hydrogen (secondary N) is 3. The summed E-state index contributed by atoms with van der Waals surface area (Å²) in [6.07, 6.45) is 1.84. The van der Waals surface area contributed by atoms with Crippen LogP contribution in [0.4, 0.5) is 0 Å². The molecule has 12 heteroatoms. The standard InChI is InChI=1S/C28H38N4O7S/c1-18(2)16-24-23(27(34)32-36)4-3-15-39-21-9-5-20(6-10-21)17-25(31-26(24)33)28(35)30-14-13-19-7-11-22(12-8-19)40(29,37)38/h5-12,18,23-25,36H,3-4,13-17H2,1-2H3,(H,30,35)(H,31,33)(H,32,34)(H2,29,37,38)/t23-,24+,25-/m0/s1. The molecule has 40 heavy (non-hydrogen) atoms. The van der Waals surface area contributed by atoms with Crippen molar-refractivity contribution in [2.75, 3.05) is 13.2 Å². The number of carbonyl (C=O) groups excluding carboxylic acids is 3. The maximum Gasteiger partial charge on any atom is 0.247 e. The molecule has 218 valence electrons. The zero-order valence-electron chi connectivity index (χ0n) is 22.8. The van der Waals surface area contributed by atoms with E-state index < -0.39 is 45.6 Å². The molecule has 0 saturated carbocycles. The van der Waals surface area contributed by atoms with Crippen molar-refractivity contribution in [1.82, 2.24) is 16.1 Å². The molecule has 11 nitrogen and oxygen atoms in total. The monoisotopic (exact) mass is 574 g/mol. The van der Waals surface area contributed by atoms with E-state index in [0.717, 1.165) is 11.1 Å². The molecule has 6 N–H and O–H groups in total. The zero-order chi connectivity index (χ0) is 29.3. The van der Waals surface area contributed by atoms with Gasteiger partial charge in [0.05, 0.1) is 17.4 Å². The van der Waals surface area contributed by atoms with Gasteiger partial charge in [0.15, 0.2) is 0 Å². The van der Waals surface area contributed by atoms with E-state index in [1.165, 1.54) is 12.1 Å². The van der Waals surface area contributed by atoms with Gasteiger partial charge >= 0.3 is 0 Å². The Morgan fingerprint density at radius 1 is 1.10 bits per heavy atom. The highest BCUT2D eigenvalue weighted by molar-refractivity contribution is 7.89. The molecule has 2 aromatic carbocycles. The summed E-state index contributed by atoms with van der Waals surface area (Å²) in [5, 5.41) is 20.2. The van der Waals surface area contributed by atoms with Gasteiger partial charge in [-0.25, -0.2) is 19.0 Å². The number of amides is 3. The van der Waals surface area contributed by atoms with E-state index in [1.54, 1.807) is 29.7 Å². The van der Waals surface area contributed by atoms with Gasteiger partial charge in [-0.2, -0.15) is 0 Å². The number of hydrogen-bond donors (Lipinski definition) is 5. The van der Waals surface area contributed by atoms with E-state index in [-0.39, 0.29) is 23.8 Å². The van der Waals surface area contributed by atoms with E-state index >= 15 is 0 Å². The van der Waals surface area contributed by atoms with Crippen molar-refractivity contribution in [1.29, 1.82) is 0 Å². The Hall–Kier alpha value is -3.48. The quantitative estimate of drug-likeness (QED) is 0.235. The molecule has 0 radical (unpaired) electrons. The Labute approximate surface area is 234 Å². The third-order valence-electron chi connectivity index (χ3n) is 6.88. The van der Waals surface area contributed by atoms with Gasteiger partial charge < -0.3 is 15.4 Å². The van der Waals surface area contributed by atoms with E-state index in [0.29, 0.717) is 38.0 Å². The molecule has 0 unspecified atom stereocenters. The summed E-state index contributed by atoms with van der Waals surface area (Å²) >= 11 is 0. The lowest BCUT2D eigenvalue weighted by Gasteiger charge is -2.29. The molecular weight excluding hydrogens is 536 g/mol. The molecule has 4 rings (SSSR count). The average Bonchev–Trinajstić information content (AvgIpc) is 2.91. The summed E-state index contributed by atoms with van der Waals surface area (Å²) in [5.41, 5.74) is 3.31. The largest absolute Gasteiger partial charge is 0.494 e. The van der Waals surface area contributed by atoms with E-state index in [1.807, 2.05) is 26.0 Å². The molecule has 2 aliphatic heterocycles. The topological polar surface area (TPSA) is 177 Å². The number of hydroxylamine groups is 1. The lowest BCUT2D eigenvalue weighted by Crippen LogP contribution is -2.52. The molecule has 2 bridgehead atoms. The number of ether oxygens (including phenoxy) is 1. The summed E-state index contributed by atoms with van der Waals surface area (Å²) < 4.78 is 28.7. The molecule has 0 saturated heterocycles. The third kappa shape index (κ3) is 9.04. The summed E-state index contributed by atoms with van der Waals surface area (Å²) in [6, 6.07) is 12.4. The van der Waals surface area contributed by atoms with Crippen LogP contribution in [-0.4, -0.2) is 50.5 Å². The van der Waals surface area contributed by atoms with Crippen molar-refractivity contribution in [2.45, 2.75) is 56.9 Å². The molecule has 0 aliphatic carbocycles. The summed E-state index contributed by atoms with van der Waals surface area (Å²) in [6.45, 7) is 4.48. The molecule has 3 amide bonds. The second-order valence-corrected chi connectivity index (χ2v) is 12.0. The van der Waals surface area contributed by atoms with Crippen molar-refractivity contribution >= 4 is 27.7 Å². The minimum absolute atomic E-state index is 0.00304. The average molecular weight is 575 g/mol. The molecule has 2 aliphatic rings. The summed E-state index contributed by atoms with van der Waals surface area (Å²) in [7, 11) is -3.79. The Morgan fingerprint density at radius 2 is 1.77 bits per heavy atom. The van der Waals surface area contributed by atoms with Crippen LogP contribution in [0.3, 0.4) is 0 Å². The van der Waals surface area contributed by atoms with Crippen LogP contribution in [0.25, 0.3) is 0 Å². The number of nitrogens with two attached hydrogens (primary N) is 1. The van der Waals surface area contributed by atoms with Crippen molar-refractivity contribution in [3.05, 3.63) is 59.7 Å². The van der Waals surface area contributed by atoms with E-state index in [9.17, 15) is 28.0 Å². The predicted octanol–water partition coefficient (Wildman–Crippen LogP) is 1.68. The summed E-state index contributed by atoms with van der Waals surface area (Å²) in [5.74, 6) is -2.30. The smallest absolute Gasteiger partial charge is 0.247 e. The van der Waals surface area contributed by atoms with E-state index in [2.05, 4.69) is 10.6 Å². The van der Waals surface area contributed by atoms with Crippen LogP contribution in [0.1, 0.15) is 44.2 Å². The number of rotatable bonds is 8. The number of fused-ring (bicyclic) bond motifs is 11. The van der Waals surface area contributed by atoms with Crippen LogP contribution < -0.4 is 26.0 Å². The van der Waals surface area contributed by atoms with Crippen molar-refractivity contribution in [3.8, 4) is 5.75 Å². The van der Waals surface area contributed by atoms with Crippen molar-refractivity contribution < 1.29 is 32.7 Å². The lowest BCUT2D eigenvalue weighted by atomic mass is 9.81. The SMILES string of the molecule is CC(C)C[C@H]1C(=O)N[C@H](C(=O)NCCc2ccc(S(N)(=O)=O)cc2)Cc2ccc(cc2)OCCC[C@@H]1C(=O)NO. The van der Waals surface area contributed by atoms with Crippen LogP contribution in [0.2, 0.25) is 0 Å². The van der Waals surface area contributed by atoms with Crippen molar-refractivity contribution in [2.24, 2.45) is 22.9 Å². The Kier molecular flexibility index (Phi) is 11.1. The van der Waals surface area contributed by atoms with Gasteiger partial charge in [0.2, 0.25) is 27.7 Å². The van der Waals surface area contributed by atoms with E-state index in [4.69, 9.17) is 9.88 Å². The minimum atomic E-state index is -3.79. The number of benzene rings is 2. The number of hydrogen-bond acceptors (Lipinski definition) is 7. The zero-order valence-corrected chi connectivity index (χ0v) is 23.6. The number of carbonyl (C=O) groups is 3. The first-order valence-corrected chi connectivity index (χ1v) is 14.9. The fraction of sp³-hybridized carbons (Fsp3) is 0.464. The third-order valence-corrected chi connectivity index (χ3v) is 7.81. The van der Waals surface area contributed by atoms with Crippen LogP contribution in [0.15, 0.2) is 53.4 Å². The highest BCUT2D eigenvalue weighted by Gasteiger charge is 2.36. The highest BCUT2D eigenvalue weighted by atomic mass is 32.2.